The maximum atomic E-state index is 12.7. The summed E-state index contributed by atoms with van der Waals surface area (Å²) in [5.74, 6) is -3.44. The van der Waals surface area contributed by atoms with Crippen LogP contribution in [0.1, 0.15) is 24.2 Å². The average Bonchev–Trinajstić information content (AvgIpc) is 2.24. The molecular formula is C12H14FNO4. The van der Waals surface area contributed by atoms with Gasteiger partial charge in [-0.05, 0) is 18.1 Å². The third kappa shape index (κ3) is 3.19. The van der Waals surface area contributed by atoms with E-state index < -0.39 is 29.5 Å². The van der Waals surface area contributed by atoms with Gasteiger partial charge in [0.25, 0.3) is 5.91 Å². The van der Waals surface area contributed by atoms with E-state index in [0.717, 1.165) is 18.2 Å². The molecule has 98 valence electrons. The highest BCUT2D eigenvalue weighted by Gasteiger charge is 2.25. The second-order valence-electron chi connectivity index (χ2n) is 4.19. The number of carbonyl (C=O) groups excluding carboxylic acids is 1. The molecule has 0 aliphatic rings. The van der Waals surface area contributed by atoms with Crippen LogP contribution in [-0.2, 0) is 4.79 Å². The molecule has 0 aliphatic heterocycles. The van der Waals surface area contributed by atoms with Gasteiger partial charge in [0.15, 0.2) is 0 Å². The number of phenols is 1. The predicted molar refractivity (Wildman–Crippen MR) is 61.8 cm³/mol. The monoisotopic (exact) mass is 255 g/mol. The fraction of sp³-hybridized carbons (Fsp3) is 0.333. The van der Waals surface area contributed by atoms with Crippen LogP contribution in [0.4, 0.5) is 4.39 Å². The minimum absolute atomic E-state index is 0.164. The number of phenolic OH excluding ortho intramolecular Hbond substituents is 1. The molecule has 6 heteroatoms. The Labute approximate surface area is 103 Å². The Balaban J connectivity index is 2.91. The topological polar surface area (TPSA) is 86.6 Å². The Morgan fingerprint density at radius 1 is 1.33 bits per heavy atom. The summed E-state index contributed by atoms with van der Waals surface area (Å²) in [4.78, 5) is 22.6. The third-order valence-corrected chi connectivity index (χ3v) is 2.42. The smallest absolute Gasteiger partial charge is 0.326 e. The van der Waals surface area contributed by atoms with E-state index in [4.69, 9.17) is 5.11 Å². The largest absolute Gasteiger partial charge is 0.507 e. The fourth-order valence-electron chi connectivity index (χ4n) is 1.43. The van der Waals surface area contributed by atoms with E-state index in [1.54, 1.807) is 13.8 Å². The molecule has 0 heterocycles. The van der Waals surface area contributed by atoms with Crippen molar-refractivity contribution in [1.29, 1.82) is 0 Å². The number of aromatic hydroxyl groups is 1. The highest BCUT2D eigenvalue weighted by Crippen LogP contribution is 2.18. The summed E-state index contributed by atoms with van der Waals surface area (Å²) in [5.41, 5.74) is -0.164. The standard InChI is InChI=1S/C12H14FNO4/c1-6(2)10(12(17)18)14-11(16)8-4-3-7(13)5-9(8)15/h3-6,10,15H,1-2H3,(H,14,16)(H,17,18)/t10-/m1/s1. The van der Waals surface area contributed by atoms with Gasteiger partial charge in [0.2, 0.25) is 0 Å². The second-order valence-corrected chi connectivity index (χ2v) is 4.19. The average molecular weight is 255 g/mol. The number of benzene rings is 1. The number of aliphatic carboxylic acids is 1. The molecule has 0 saturated carbocycles. The molecule has 0 spiro atoms. The number of carbonyl (C=O) groups is 2. The zero-order valence-corrected chi connectivity index (χ0v) is 9.98. The SMILES string of the molecule is CC(C)[C@@H](NC(=O)c1ccc(F)cc1O)C(=O)O. The quantitative estimate of drug-likeness (QED) is 0.758. The highest BCUT2D eigenvalue weighted by molar-refractivity contribution is 5.98. The van der Waals surface area contributed by atoms with E-state index >= 15 is 0 Å². The van der Waals surface area contributed by atoms with Crippen LogP contribution in [0.3, 0.4) is 0 Å². The molecule has 0 fully saturated rings. The Hall–Kier alpha value is -2.11. The summed E-state index contributed by atoms with van der Waals surface area (Å²) in [6.07, 6.45) is 0. The third-order valence-electron chi connectivity index (χ3n) is 2.42. The van der Waals surface area contributed by atoms with Gasteiger partial charge in [-0.1, -0.05) is 13.8 Å². The van der Waals surface area contributed by atoms with Crippen molar-refractivity contribution in [2.75, 3.05) is 0 Å². The molecule has 18 heavy (non-hydrogen) atoms. The van der Waals surface area contributed by atoms with Crippen LogP contribution in [0.25, 0.3) is 0 Å². The molecule has 0 aromatic heterocycles. The van der Waals surface area contributed by atoms with Crippen LogP contribution in [0.5, 0.6) is 5.75 Å². The van der Waals surface area contributed by atoms with Crippen molar-refractivity contribution in [3.05, 3.63) is 29.6 Å². The van der Waals surface area contributed by atoms with E-state index in [0.29, 0.717) is 0 Å². The van der Waals surface area contributed by atoms with Crippen LogP contribution in [0.15, 0.2) is 18.2 Å². The molecule has 1 aromatic carbocycles. The number of carboxylic acids is 1. The zero-order chi connectivity index (χ0) is 13.9. The summed E-state index contributed by atoms with van der Waals surface area (Å²) in [6, 6.07) is 1.83. The first-order valence-corrected chi connectivity index (χ1v) is 5.35. The van der Waals surface area contributed by atoms with Gasteiger partial charge < -0.3 is 15.5 Å². The van der Waals surface area contributed by atoms with Crippen molar-refractivity contribution in [1.82, 2.24) is 5.32 Å². The number of amides is 1. The van der Waals surface area contributed by atoms with E-state index in [1.165, 1.54) is 0 Å². The number of nitrogens with one attached hydrogen (secondary N) is 1. The molecule has 0 saturated heterocycles. The molecule has 3 N–H and O–H groups in total. The number of rotatable bonds is 4. The van der Waals surface area contributed by atoms with Gasteiger partial charge in [0, 0.05) is 6.07 Å². The van der Waals surface area contributed by atoms with Crippen molar-refractivity contribution in [3.8, 4) is 5.75 Å². The van der Waals surface area contributed by atoms with Gasteiger partial charge in [-0.2, -0.15) is 0 Å². The minimum atomic E-state index is -1.17. The molecule has 0 bridgehead atoms. The summed E-state index contributed by atoms with van der Waals surface area (Å²) >= 11 is 0. The van der Waals surface area contributed by atoms with E-state index in [-0.39, 0.29) is 11.5 Å². The molecule has 0 unspecified atom stereocenters. The molecular weight excluding hydrogens is 241 g/mol. The summed E-state index contributed by atoms with van der Waals surface area (Å²) in [6.45, 7) is 3.28. The maximum Gasteiger partial charge on any atom is 0.326 e. The van der Waals surface area contributed by atoms with E-state index in [2.05, 4.69) is 5.32 Å². The van der Waals surface area contributed by atoms with Crippen molar-refractivity contribution >= 4 is 11.9 Å². The van der Waals surface area contributed by atoms with Crippen molar-refractivity contribution < 1.29 is 24.2 Å². The first-order valence-electron chi connectivity index (χ1n) is 5.35. The van der Waals surface area contributed by atoms with Gasteiger partial charge in [-0.3, -0.25) is 4.79 Å². The highest BCUT2D eigenvalue weighted by atomic mass is 19.1. The van der Waals surface area contributed by atoms with Crippen molar-refractivity contribution in [2.45, 2.75) is 19.9 Å². The first-order chi connectivity index (χ1) is 8.32. The molecule has 1 aromatic rings. The van der Waals surface area contributed by atoms with Crippen molar-refractivity contribution in [3.63, 3.8) is 0 Å². The van der Waals surface area contributed by atoms with Gasteiger partial charge in [0.05, 0.1) is 5.56 Å². The van der Waals surface area contributed by atoms with Gasteiger partial charge >= 0.3 is 5.97 Å². The lowest BCUT2D eigenvalue weighted by atomic mass is 10.0. The Bertz CT molecular complexity index is 473. The Morgan fingerprint density at radius 2 is 1.94 bits per heavy atom. The molecule has 0 aliphatic carbocycles. The van der Waals surface area contributed by atoms with Crippen molar-refractivity contribution in [2.24, 2.45) is 5.92 Å². The molecule has 1 atom stereocenters. The number of hydrogen-bond donors (Lipinski definition) is 3. The minimum Gasteiger partial charge on any atom is -0.507 e. The lowest BCUT2D eigenvalue weighted by Gasteiger charge is -2.18. The summed E-state index contributed by atoms with van der Waals surface area (Å²) in [5, 5.41) is 20.6. The Morgan fingerprint density at radius 3 is 2.39 bits per heavy atom. The molecule has 5 nitrogen and oxygen atoms in total. The van der Waals surface area contributed by atoms with Gasteiger partial charge in [-0.25, -0.2) is 9.18 Å². The second kappa shape index (κ2) is 5.48. The van der Waals surface area contributed by atoms with Crippen LogP contribution in [-0.4, -0.2) is 28.1 Å². The lowest BCUT2D eigenvalue weighted by Crippen LogP contribution is -2.44. The Kier molecular flexibility index (Phi) is 4.25. The maximum absolute atomic E-state index is 12.7. The molecule has 1 amide bonds. The number of halogens is 1. The van der Waals surface area contributed by atoms with Crippen LogP contribution < -0.4 is 5.32 Å². The van der Waals surface area contributed by atoms with E-state index in [1.807, 2.05) is 0 Å². The lowest BCUT2D eigenvalue weighted by molar-refractivity contribution is -0.140. The van der Waals surface area contributed by atoms with Crippen LogP contribution >= 0.6 is 0 Å². The molecule has 0 radical (unpaired) electrons. The number of hydrogen-bond acceptors (Lipinski definition) is 3. The molecule has 1 rings (SSSR count). The first kappa shape index (κ1) is 14.0. The van der Waals surface area contributed by atoms with E-state index in [9.17, 15) is 19.1 Å². The predicted octanol–water partition coefficient (Wildman–Crippen LogP) is 1.37. The summed E-state index contributed by atoms with van der Waals surface area (Å²) in [7, 11) is 0. The van der Waals surface area contributed by atoms with Gasteiger partial charge in [-0.15, -0.1) is 0 Å². The van der Waals surface area contributed by atoms with Gasteiger partial charge in [0.1, 0.15) is 17.6 Å². The van der Waals surface area contributed by atoms with Crippen LogP contribution in [0, 0.1) is 11.7 Å². The number of carboxylic acid groups (broad SMARTS) is 1. The normalized spacial score (nSPS) is 12.2. The van der Waals surface area contributed by atoms with Crippen LogP contribution in [0.2, 0.25) is 0 Å². The zero-order valence-electron chi connectivity index (χ0n) is 9.98. The fourth-order valence-corrected chi connectivity index (χ4v) is 1.43. The summed E-state index contributed by atoms with van der Waals surface area (Å²) < 4.78 is 12.7.